The molecule has 0 aromatic rings. The van der Waals surface area contributed by atoms with Gasteiger partial charge in [-0.2, -0.15) is 0 Å². The Balaban J connectivity index is 3.05. The van der Waals surface area contributed by atoms with Crippen LogP contribution in [-0.4, -0.2) is 29.1 Å². The number of hydrogen-bond donors (Lipinski definition) is 4. The molecule has 0 radical (unpaired) electrons. The molecule has 0 heterocycles. The summed E-state index contributed by atoms with van der Waals surface area (Å²) in [6.45, 7) is -0.227. The first-order valence-corrected chi connectivity index (χ1v) is 2.02. The van der Waals surface area contributed by atoms with Crippen LogP contribution in [0.25, 0.3) is 0 Å². The van der Waals surface area contributed by atoms with Gasteiger partial charge in [-0.25, -0.2) is 4.79 Å². The third-order valence-corrected chi connectivity index (χ3v) is 0.459. The molecule has 0 saturated carbocycles. The predicted molar refractivity (Wildman–Crippen MR) is 25.8 cm³/mol. The monoisotopic (exact) mass is 120 g/mol. The summed E-state index contributed by atoms with van der Waals surface area (Å²) in [4.78, 5) is 9.79. The molecule has 48 valence electrons. The van der Waals surface area contributed by atoms with E-state index in [2.05, 4.69) is 5.73 Å². The van der Waals surface area contributed by atoms with Crippen molar-refractivity contribution >= 4 is 6.03 Å². The first-order chi connectivity index (χ1) is 3.63. The lowest BCUT2D eigenvalue weighted by Gasteiger charge is -2.00. The Kier molecular flexibility index (Phi) is 2.90. The lowest BCUT2D eigenvalue weighted by molar-refractivity contribution is -0.0350. The molecule has 0 rings (SSSR count). The first kappa shape index (κ1) is 7.19. The quantitative estimate of drug-likeness (QED) is 0.316. The van der Waals surface area contributed by atoms with Crippen molar-refractivity contribution < 1.29 is 15.0 Å². The second-order valence-corrected chi connectivity index (χ2v) is 1.23. The van der Waals surface area contributed by atoms with E-state index in [0.717, 1.165) is 0 Å². The van der Waals surface area contributed by atoms with Crippen molar-refractivity contribution in [3.63, 3.8) is 0 Å². The Morgan fingerprint density at radius 1 is 1.75 bits per heavy atom. The number of aliphatic hydroxyl groups excluding tert-OH is 1. The number of primary amides is 1. The minimum Gasteiger partial charge on any atom is -0.367 e. The molecule has 0 aromatic carbocycles. The highest BCUT2D eigenvalue weighted by Gasteiger charge is 1.95. The summed E-state index contributed by atoms with van der Waals surface area (Å²) in [7, 11) is 0. The number of amides is 2. The molecule has 0 aliphatic carbocycles. The van der Waals surface area contributed by atoms with Gasteiger partial charge in [-0.1, -0.05) is 0 Å². The van der Waals surface area contributed by atoms with Crippen molar-refractivity contribution in [1.29, 1.82) is 0 Å². The van der Waals surface area contributed by atoms with E-state index < -0.39 is 12.3 Å². The van der Waals surface area contributed by atoms with Gasteiger partial charge < -0.3 is 21.3 Å². The summed E-state index contributed by atoms with van der Waals surface area (Å²) in [5.41, 5.74) is 4.57. The largest absolute Gasteiger partial charge is 0.367 e. The molecule has 0 aliphatic rings. The van der Waals surface area contributed by atoms with Crippen molar-refractivity contribution in [3.8, 4) is 0 Å². The van der Waals surface area contributed by atoms with Crippen molar-refractivity contribution in [2.75, 3.05) is 6.54 Å². The Morgan fingerprint density at radius 2 is 2.25 bits per heavy atom. The Labute approximate surface area is 46.1 Å². The number of nitrogens with two attached hydrogens (primary N) is 1. The second kappa shape index (κ2) is 3.23. The van der Waals surface area contributed by atoms with Crippen LogP contribution in [0, 0.1) is 0 Å². The van der Waals surface area contributed by atoms with Crippen LogP contribution in [-0.2, 0) is 0 Å². The van der Waals surface area contributed by atoms with Gasteiger partial charge in [-0.15, -0.1) is 0 Å². The smallest absolute Gasteiger partial charge is 0.312 e. The molecule has 0 atom stereocenters. The SMILES string of the molecule is NC(=O)NCC(O)O. The second-order valence-electron chi connectivity index (χ2n) is 1.23. The lowest BCUT2D eigenvalue weighted by Crippen LogP contribution is -2.35. The van der Waals surface area contributed by atoms with Gasteiger partial charge in [-0.3, -0.25) is 0 Å². The summed E-state index contributed by atoms with van der Waals surface area (Å²) in [5.74, 6) is 0. The van der Waals surface area contributed by atoms with Crippen LogP contribution in [0.1, 0.15) is 0 Å². The van der Waals surface area contributed by atoms with E-state index in [4.69, 9.17) is 10.2 Å². The van der Waals surface area contributed by atoms with E-state index >= 15 is 0 Å². The highest BCUT2D eigenvalue weighted by atomic mass is 16.5. The van der Waals surface area contributed by atoms with Crippen molar-refractivity contribution in [1.82, 2.24) is 5.32 Å². The van der Waals surface area contributed by atoms with Gasteiger partial charge in [0.1, 0.15) is 0 Å². The zero-order valence-electron chi connectivity index (χ0n) is 4.16. The highest BCUT2D eigenvalue weighted by Crippen LogP contribution is 1.66. The highest BCUT2D eigenvalue weighted by molar-refractivity contribution is 5.71. The molecule has 5 N–H and O–H groups in total. The molecule has 8 heavy (non-hydrogen) atoms. The average Bonchev–Trinajstić information content (AvgIpc) is 1.61. The van der Waals surface area contributed by atoms with Gasteiger partial charge in [0.15, 0.2) is 6.29 Å². The molecule has 0 aromatic heterocycles. The summed E-state index contributed by atoms with van der Waals surface area (Å²) < 4.78 is 0. The number of hydrogen-bond acceptors (Lipinski definition) is 3. The van der Waals surface area contributed by atoms with Crippen LogP contribution in [0.3, 0.4) is 0 Å². The minimum absolute atomic E-state index is 0.227. The standard InChI is InChI=1S/C3H8N2O3/c4-3(8)5-1-2(6)7/h2,6-7H,1H2,(H3,4,5,8). The van der Waals surface area contributed by atoms with E-state index in [1.54, 1.807) is 0 Å². The summed E-state index contributed by atoms with van der Waals surface area (Å²) in [6, 6.07) is -0.766. The predicted octanol–water partition coefficient (Wildman–Crippen LogP) is -2.03. The van der Waals surface area contributed by atoms with Crippen molar-refractivity contribution in [2.45, 2.75) is 6.29 Å². The van der Waals surface area contributed by atoms with Crippen LogP contribution in [0.15, 0.2) is 0 Å². The maximum atomic E-state index is 9.79. The van der Waals surface area contributed by atoms with Crippen LogP contribution in [0.2, 0.25) is 0 Å². The third kappa shape index (κ3) is 5.19. The fourth-order valence-corrected chi connectivity index (χ4v) is 0.192. The molecule has 0 bridgehead atoms. The van der Waals surface area contributed by atoms with E-state index in [1.165, 1.54) is 0 Å². The van der Waals surface area contributed by atoms with Crippen LogP contribution >= 0.6 is 0 Å². The van der Waals surface area contributed by atoms with E-state index in [0.29, 0.717) is 0 Å². The molecule has 5 nitrogen and oxygen atoms in total. The summed E-state index contributed by atoms with van der Waals surface area (Å²) in [5, 5.41) is 18.2. The van der Waals surface area contributed by atoms with Crippen molar-refractivity contribution in [3.05, 3.63) is 0 Å². The molecule has 0 saturated heterocycles. The zero-order chi connectivity index (χ0) is 6.57. The lowest BCUT2D eigenvalue weighted by atomic mass is 10.6. The van der Waals surface area contributed by atoms with E-state index in [9.17, 15) is 4.79 Å². The number of aliphatic hydroxyl groups is 2. The van der Waals surface area contributed by atoms with Crippen LogP contribution < -0.4 is 11.1 Å². The maximum absolute atomic E-state index is 9.79. The Bertz CT molecular complexity index is 82.6. The Hall–Kier alpha value is -0.810. The number of urea groups is 1. The summed E-state index contributed by atoms with van der Waals surface area (Å²) in [6.07, 6.45) is -1.53. The molecule has 0 aliphatic heterocycles. The van der Waals surface area contributed by atoms with Gasteiger partial charge in [-0.05, 0) is 0 Å². The summed E-state index contributed by atoms with van der Waals surface area (Å²) >= 11 is 0. The van der Waals surface area contributed by atoms with Crippen molar-refractivity contribution in [2.24, 2.45) is 5.73 Å². The molecule has 0 unspecified atom stereocenters. The number of carbonyl (C=O) groups is 1. The fraction of sp³-hybridized carbons (Fsp3) is 0.667. The van der Waals surface area contributed by atoms with E-state index in [1.807, 2.05) is 5.32 Å². The van der Waals surface area contributed by atoms with E-state index in [-0.39, 0.29) is 6.54 Å². The fourth-order valence-electron chi connectivity index (χ4n) is 0.192. The molecular formula is C3H8N2O3. The van der Waals surface area contributed by atoms with Crippen LogP contribution in [0.5, 0.6) is 0 Å². The first-order valence-electron chi connectivity index (χ1n) is 2.02. The molecule has 0 fully saturated rings. The zero-order valence-corrected chi connectivity index (χ0v) is 4.16. The van der Waals surface area contributed by atoms with Gasteiger partial charge in [0.25, 0.3) is 0 Å². The van der Waals surface area contributed by atoms with Gasteiger partial charge >= 0.3 is 6.03 Å². The third-order valence-electron chi connectivity index (χ3n) is 0.459. The van der Waals surface area contributed by atoms with Gasteiger partial charge in [0, 0.05) is 0 Å². The molecule has 2 amide bonds. The topological polar surface area (TPSA) is 95.6 Å². The number of nitrogens with one attached hydrogen (secondary N) is 1. The maximum Gasteiger partial charge on any atom is 0.312 e. The molecular weight excluding hydrogens is 112 g/mol. The van der Waals surface area contributed by atoms with Gasteiger partial charge in [0.05, 0.1) is 6.54 Å². The average molecular weight is 120 g/mol. The normalized spacial score (nSPS) is 9.38. The minimum atomic E-state index is -1.53. The van der Waals surface area contributed by atoms with Gasteiger partial charge in [0.2, 0.25) is 0 Å². The number of rotatable bonds is 2. The Morgan fingerprint density at radius 3 is 2.38 bits per heavy atom. The molecule has 0 spiro atoms. The number of carbonyl (C=O) groups excluding carboxylic acids is 1. The molecule has 5 heteroatoms. The van der Waals surface area contributed by atoms with Crippen LogP contribution in [0.4, 0.5) is 4.79 Å².